The number of hydrogen-bond acceptors (Lipinski definition) is 10. The molecule has 11 heteroatoms. The van der Waals surface area contributed by atoms with Crippen LogP contribution in [0.15, 0.2) is 52.2 Å². The van der Waals surface area contributed by atoms with Gasteiger partial charge in [-0.3, -0.25) is 4.79 Å². The summed E-state index contributed by atoms with van der Waals surface area (Å²) in [6, 6.07) is 7.03. The molecule has 1 aromatic heterocycles. The van der Waals surface area contributed by atoms with E-state index in [-0.39, 0.29) is 28.0 Å². The largest absolute Gasteiger partial charge is 0.508 e. The summed E-state index contributed by atoms with van der Waals surface area (Å²) < 4.78 is 22.4. The summed E-state index contributed by atoms with van der Waals surface area (Å²) in [6.07, 6.45) is -2.96. The molecule has 2 heterocycles. The maximum absolute atomic E-state index is 12.9. The maximum atomic E-state index is 12.9. The Kier molecular flexibility index (Phi) is 7.71. The van der Waals surface area contributed by atoms with Crippen molar-refractivity contribution in [3.63, 3.8) is 0 Å². The van der Waals surface area contributed by atoms with Crippen molar-refractivity contribution >= 4 is 22.6 Å². The summed E-state index contributed by atoms with van der Waals surface area (Å²) in [7, 11) is 1.40. The van der Waals surface area contributed by atoms with Gasteiger partial charge in [-0.05, 0) is 68.7 Å². The van der Waals surface area contributed by atoms with Gasteiger partial charge in [-0.25, -0.2) is 4.79 Å². The number of ether oxygens (including phenoxy) is 3. The molecular formula is C28H31NO10. The van der Waals surface area contributed by atoms with Crippen LogP contribution in [-0.2, 0) is 15.9 Å². The number of nitrogens with one attached hydrogen (secondary N) is 1. The standard InChI is InChI=1S/C28H31NO10/c1-6-7-14-11-15(8-9-18(14)30)25(34)29-19-20(31)17-12-16(10-13(2)23(17)38-26(19)35)37-27-22(33)21(32)24(36-5)28(3,4)39-27/h6,8-12,21-22,24,27,30-33H,1,7H2,2-5H3,(H,29,34)/t21-,22-,24+,27-/m1/s1. The van der Waals surface area contributed by atoms with Crippen molar-refractivity contribution in [3.05, 3.63) is 70.1 Å². The normalized spacial score (nSPS) is 22.4. The average molecular weight is 542 g/mol. The molecule has 0 bridgehead atoms. The van der Waals surface area contributed by atoms with Gasteiger partial charge >= 0.3 is 5.63 Å². The van der Waals surface area contributed by atoms with E-state index in [0.717, 1.165) is 0 Å². The van der Waals surface area contributed by atoms with E-state index in [0.29, 0.717) is 17.5 Å². The molecule has 2 aromatic carbocycles. The third-order valence-electron chi connectivity index (χ3n) is 6.63. The molecule has 1 aliphatic heterocycles. The van der Waals surface area contributed by atoms with E-state index in [2.05, 4.69) is 11.9 Å². The van der Waals surface area contributed by atoms with Crippen LogP contribution in [0.5, 0.6) is 17.2 Å². The van der Waals surface area contributed by atoms with Gasteiger partial charge in [0, 0.05) is 12.7 Å². The van der Waals surface area contributed by atoms with E-state index in [4.69, 9.17) is 18.6 Å². The lowest BCUT2D eigenvalue weighted by Crippen LogP contribution is -2.63. The van der Waals surface area contributed by atoms with Crippen LogP contribution in [0.1, 0.15) is 35.3 Å². The van der Waals surface area contributed by atoms with Gasteiger partial charge in [0.25, 0.3) is 5.91 Å². The molecule has 0 aliphatic carbocycles. The summed E-state index contributed by atoms with van der Waals surface area (Å²) in [5, 5.41) is 44.5. The second-order valence-corrected chi connectivity index (χ2v) is 9.87. The molecule has 39 heavy (non-hydrogen) atoms. The molecule has 4 atom stereocenters. The molecule has 4 rings (SSSR count). The molecule has 5 N–H and O–H groups in total. The number of benzene rings is 2. The number of phenolic OH excluding ortho intramolecular Hbond substituents is 1. The highest BCUT2D eigenvalue weighted by molar-refractivity contribution is 6.06. The Morgan fingerprint density at radius 2 is 1.90 bits per heavy atom. The lowest BCUT2D eigenvalue weighted by molar-refractivity contribution is -0.305. The first-order valence-corrected chi connectivity index (χ1v) is 12.2. The zero-order valence-electron chi connectivity index (χ0n) is 21.9. The molecule has 0 radical (unpaired) electrons. The topological polar surface area (TPSA) is 168 Å². The first-order chi connectivity index (χ1) is 18.4. The molecule has 0 spiro atoms. The zero-order chi connectivity index (χ0) is 28.6. The van der Waals surface area contributed by atoms with Crippen LogP contribution in [0, 0.1) is 6.92 Å². The van der Waals surface area contributed by atoms with Crippen LogP contribution in [-0.4, -0.2) is 63.6 Å². The minimum absolute atomic E-state index is 0.0109. The summed E-state index contributed by atoms with van der Waals surface area (Å²) in [5.41, 5.74) is -1.40. The number of hydrogen-bond donors (Lipinski definition) is 5. The number of anilines is 1. The number of rotatable bonds is 7. The lowest BCUT2D eigenvalue weighted by Gasteiger charge is -2.46. The molecule has 11 nitrogen and oxygen atoms in total. The molecule has 0 saturated carbocycles. The van der Waals surface area contributed by atoms with Gasteiger partial charge in [-0.1, -0.05) is 6.08 Å². The number of phenols is 1. The van der Waals surface area contributed by atoms with E-state index >= 15 is 0 Å². The van der Waals surface area contributed by atoms with Crippen LogP contribution in [0.2, 0.25) is 0 Å². The van der Waals surface area contributed by atoms with Crippen molar-refractivity contribution in [1.29, 1.82) is 0 Å². The number of amides is 1. The number of aliphatic hydroxyl groups is 2. The predicted octanol–water partition coefficient (Wildman–Crippen LogP) is 2.74. The number of carbonyl (C=O) groups excluding carboxylic acids is 1. The monoisotopic (exact) mass is 541 g/mol. The van der Waals surface area contributed by atoms with Gasteiger partial charge in [0.05, 0.1) is 11.0 Å². The number of aryl methyl sites for hydroxylation is 1. The van der Waals surface area contributed by atoms with Crippen molar-refractivity contribution in [3.8, 4) is 17.2 Å². The van der Waals surface area contributed by atoms with Gasteiger partial charge in [0.15, 0.2) is 11.4 Å². The number of aromatic hydroxyl groups is 2. The quantitative estimate of drug-likeness (QED) is 0.222. The number of carbonyl (C=O) groups is 1. The van der Waals surface area contributed by atoms with E-state index in [1.54, 1.807) is 26.8 Å². The highest BCUT2D eigenvalue weighted by atomic mass is 16.7. The third-order valence-corrected chi connectivity index (χ3v) is 6.63. The minimum Gasteiger partial charge on any atom is -0.508 e. The molecule has 1 amide bonds. The fourth-order valence-electron chi connectivity index (χ4n) is 4.68. The van der Waals surface area contributed by atoms with Crippen molar-refractivity contribution < 1.29 is 43.8 Å². The smallest absolute Gasteiger partial charge is 0.364 e. The van der Waals surface area contributed by atoms with Crippen molar-refractivity contribution in [2.45, 2.75) is 57.4 Å². The second kappa shape index (κ2) is 10.7. The van der Waals surface area contributed by atoms with Gasteiger partial charge in [-0.2, -0.15) is 0 Å². The minimum atomic E-state index is -1.45. The van der Waals surface area contributed by atoms with Gasteiger partial charge < -0.3 is 44.4 Å². The molecule has 208 valence electrons. The van der Waals surface area contributed by atoms with Crippen LogP contribution in [0.3, 0.4) is 0 Å². The molecule has 1 saturated heterocycles. The summed E-state index contributed by atoms with van der Waals surface area (Å²) in [6.45, 7) is 8.60. The highest BCUT2D eigenvalue weighted by Gasteiger charge is 2.50. The molecule has 3 aromatic rings. The van der Waals surface area contributed by atoms with Gasteiger partial charge in [0.2, 0.25) is 6.29 Å². The molecule has 0 unspecified atom stereocenters. The highest BCUT2D eigenvalue weighted by Crippen LogP contribution is 2.37. The number of methoxy groups -OCH3 is 1. The van der Waals surface area contributed by atoms with Crippen LogP contribution in [0.25, 0.3) is 11.0 Å². The number of allylic oxidation sites excluding steroid dienone is 1. The van der Waals surface area contributed by atoms with Crippen molar-refractivity contribution in [2.24, 2.45) is 0 Å². The Labute approximate surface area is 223 Å². The Hall–Kier alpha value is -3.90. The molecular weight excluding hydrogens is 510 g/mol. The average Bonchev–Trinajstić information content (AvgIpc) is 2.87. The third kappa shape index (κ3) is 5.34. The van der Waals surface area contributed by atoms with E-state index < -0.39 is 53.2 Å². The SMILES string of the molecule is C=CCc1cc(C(=O)Nc2c(O)c3cc(O[C@@H]4OC(C)(C)[C@@H](OC)[C@H](O)[C@H]4O)cc(C)c3oc2=O)ccc1O. The summed E-state index contributed by atoms with van der Waals surface area (Å²) in [5.74, 6) is -1.15. The fraction of sp³-hybridized carbons (Fsp3) is 0.357. The maximum Gasteiger partial charge on any atom is 0.364 e. The molecule has 1 fully saturated rings. The van der Waals surface area contributed by atoms with Gasteiger partial charge in [0.1, 0.15) is 35.4 Å². The van der Waals surface area contributed by atoms with Crippen LogP contribution < -0.4 is 15.7 Å². The zero-order valence-corrected chi connectivity index (χ0v) is 21.9. The van der Waals surface area contributed by atoms with Gasteiger partial charge in [-0.15, -0.1) is 6.58 Å². The summed E-state index contributed by atoms with van der Waals surface area (Å²) >= 11 is 0. The lowest BCUT2D eigenvalue weighted by atomic mass is 9.89. The Morgan fingerprint density at radius 1 is 1.18 bits per heavy atom. The van der Waals surface area contributed by atoms with E-state index in [9.17, 15) is 30.0 Å². The first kappa shape index (κ1) is 28.1. The second-order valence-electron chi connectivity index (χ2n) is 9.87. The van der Waals surface area contributed by atoms with Crippen LogP contribution >= 0.6 is 0 Å². The van der Waals surface area contributed by atoms with Crippen LogP contribution in [0.4, 0.5) is 5.69 Å². The van der Waals surface area contributed by atoms with E-state index in [1.807, 2.05) is 0 Å². The Balaban J connectivity index is 1.67. The van der Waals surface area contributed by atoms with E-state index in [1.165, 1.54) is 37.4 Å². The first-order valence-electron chi connectivity index (χ1n) is 12.2. The fourth-order valence-corrected chi connectivity index (χ4v) is 4.68. The van der Waals surface area contributed by atoms with Crippen molar-refractivity contribution in [1.82, 2.24) is 0 Å². The van der Waals surface area contributed by atoms with Crippen molar-refractivity contribution in [2.75, 3.05) is 12.4 Å². The number of fused-ring (bicyclic) bond motifs is 1. The summed E-state index contributed by atoms with van der Waals surface area (Å²) in [4.78, 5) is 25.6. The number of aliphatic hydroxyl groups excluding tert-OH is 2. The Morgan fingerprint density at radius 3 is 2.56 bits per heavy atom. The predicted molar refractivity (Wildman–Crippen MR) is 141 cm³/mol. The Bertz CT molecular complexity index is 1480. The molecule has 1 aliphatic rings.